The normalized spacial score (nSPS) is 11.5. The highest BCUT2D eigenvalue weighted by molar-refractivity contribution is 6.33. The molecule has 114 valence electrons. The van der Waals surface area contributed by atoms with Crippen LogP contribution in [0.2, 0.25) is 5.02 Å². The van der Waals surface area contributed by atoms with E-state index < -0.39 is 22.8 Å². The number of carbonyl (C=O) groups is 2. The summed E-state index contributed by atoms with van der Waals surface area (Å²) in [5.74, 6) is -1.71. The van der Waals surface area contributed by atoms with Gasteiger partial charge in [-0.25, -0.2) is 4.79 Å². The number of rotatable bonds is 6. The van der Waals surface area contributed by atoms with Crippen molar-refractivity contribution in [3.05, 3.63) is 33.3 Å². The number of aliphatic carboxylic acids is 1. The second kappa shape index (κ2) is 7.44. The zero-order valence-corrected chi connectivity index (χ0v) is 11.9. The molecule has 0 heterocycles. The Hall–Kier alpha value is -2.35. The summed E-state index contributed by atoms with van der Waals surface area (Å²) in [6.07, 6.45) is 0.368. The number of carbonyl (C=O) groups excluding carboxylic acids is 1. The molecule has 21 heavy (non-hydrogen) atoms. The summed E-state index contributed by atoms with van der Waals surface area (Å²) < 4.78 is 0. The number of urea groups is 1. The highest BCUT2D eigenvalue weighted by atomic mass is 35.5. The van der Waals surface area contributed by atoms with Crippen LogP contribution in [0.1, 0.15) is 13.3 Å². The van der Waals surface area contributed by atoms with Gasteiger partial charge in [0.2, 0.25) is 0 Å². The van der Waals surface area contributed by atoms with Crippen molar-refractivity contribution >= 4 is 35.0 Å². The van der Waals surface area contributed by atoms with Gasteiger partial charge in [-0.15, -0.1) is 0 Å². The maximum atomic E-state index is 11.6. The van der Waals surface area contributed by atoms with Gasteiger partial charge in [0.15, 0.2) is 0 Å². The maximum absolute atomic E-state index is 11.6. The smallest absolute Gasteiger partial charge is 0.319 e. The van der Waals surface area contributed by atoms with E-state index in [0.29, 0.717) is 6.42 Å². The van der Waals surface area contributed by atoms with Gasteiger partial charge >= 0.3 is 12.0 Å². The number of carboxylic acid groups (broad SMARTS) is 1. The first-order valence-electron chi connectivity index (χ1n) is 6.06. The average molecular weight is 316 g/mol. The third kappa shape index (κ3) is 4.92. The zero-order chi connectivity index (χ0) is 16.0. The second-order valence-corrected chi connectivity index (χ2v) is 4.61. The summed E-state index contributed by atoms with van der Waals surface area (Å²) >= 11 is 5.83. The van der Waals surface area contributed by atoms with Crippen molar-refractivity contribution in [1.82, 2.24) is 5.32 Å². The second-order valence-electron chi connectivity index (χ2n) is 4.20. The largest absolute Gasteiger partial charge is 0.481 e. The van der Waals surface area contributed by atoms with Crippen LogP contribution in [0.5, 0.6) is 0 Å². The molecule has 0 aliphatic carbocycles. The molecule has 0 bridgehead atoms. The van der Waals surface area contributed by atoms with Crippen LogP contribution in [-0.4, -0.2) is 28.6 Å². The molecule has 0 spiro atoms. The van der Waals surface area contributed by atoms with Gasteiger partial charge in [-0.2, -0.15) is 0 Å². The van der Waals surface area contributed by atoms with E-state index in [1.54, 1.807) is 6.92 Å². The van der Waals surface area contributed by atoms with E-state index in [1.807, 2.05) is 0 Å². The Labute approximate surface area is 125 Å². The Morgan fingerprint density at radius 3 is 2.67 bits per heavy atom. The zero-order valence-electron chi connectivity index (χ0n) is 11.1. The fourth-order valence-electron chi connectivity index (χ4n) is 1.51. The van der Waals surface area contributed by atoms with Gasteiger partial charge in [0.25, 0.3) is 5.69 Å². The molecule has 0 saturated heterocycles. The number of nitro benzene ring substituents is 1. The Morgan fingerprint density at radius 1 is 1.48 bits per heavy atom. The molecule has 1 unspecified atom stereocenters. The van der Waals surface area contributed by atoms with E-state index in [0.717, 1.165) is 6.07 Å². The Kier molecular flexibility index (Phi) is 5.92. The van der Waals surface area contributed by atoms with Crippen molar-refractivity contribution in [3.8, 4) is 0 Å². The third-order valence-corrected chi connectivity index (χ3v) is 3.09. The topological polar surface area (TPSA) is 122 Å². The molecule has 0 radical (unpaired) electrons. The molecular formula is C12H14ClN3O5. The summed E-state index contributed by atoms with van der Waals surface area (Å²) in [4.78, 5) is 32.5. The Morgan fingerprint density at radius 2 is 2.14 bits per heavy atom. The van der Waals surface area contributed by atoms with Crippen LogP contribution in [-0.2, 0) is 4.79 Å². The Balaban J connectivity index is 2.68. The summed E-state index contributed by atoms with van der Waals surface area (Å²) in [5.41, 5.74) is -0.140. The average Bonchev–Trinajstić information content (AvgIpc) is 2.41. The third-order valence-electron chi connectivity index (χ3n) is 2.76. The predicted octanol–water partition coefficient (Wildman–Crippen LogP) is 2.48. The number of hydrogen-bond acceptors (Lipinski definition) is 4. The van der Waals surface area contributed by atoms with Crippen molar-refractivity contribution in [1.29, 1.82) is 0 Å². The van der Waals surface area contributed by atoms with Crippen LogP contribution < -0.4 is 10.6 Å². The van der Waals surface area contributed by atoms with Gasteiger partial charge in [0.05, 0.1) is 21.6 Å². The lowest BCUT2D eigenvalue weighted by Crippen LogP contribution is -2.35. The number of nitrogens with one attached hydrogen (secondary N) is 2. The number of benzene rings is 1. The summed E-state index contributed by atoms with van der Waals surface area (Å²) in [6.45, 7) is 1.64. The number of non-ortho nitro benzene ring substituents is 1. The summed E-state index contributed by atoms with van der Waals surface area (Å²) in [6, 6.07) is 2.94. The molecule has 0 aromatic heterocycles. The maximum Gasteiger partial charge on any atom is 0.319 e. The minimum absolute atomic E-state index is 0.0514. The minimum Gasteiger partial charge on any atom is -0.481 e. The van der Waals surface area contributed by atoms with Crippen molar-refractivity contribution in [2.75, 3.05) is 11.9 Å². The fourth-order valence-corrected chi connectivity index (χ4v) is 1.68. The predicted molar refractivity (Wildman–Crippen MR) is 76.5 cm³/mol. The SMILES string of the molecule is CCC(CNC(=O)Nc1cc([N+](=O)[O-])ccc1Cl)C(=O)O. The van der Waals surface area contributed by atoms with E-state index in [2.05, 4.69) is 10.6 Å². The molecule has 0 saturated carbocycles. The molecule has 3 N–H and O–H groups in total. The Bertz CT molecular complexity index is 564. The first-order chi connectivity index (χ1) is 9.85. The number of hydrogen-bond donors (Lipinski definition) is 3. The molecule has 2 amide bonds. The van der Waals surface area contributed by atoms with Crippen molar-refractivity contribution in [2.24, 2.45) is 5.92 Å². The molecule has 0 fully saturated rings. The van der Waals surface area contributed by atoms with Crippen molar-refractivity contribution in [3.63, 3.8) is 0 Å². The first kappa shape index (κ1) is 16.7. The lowest BCUT2D eigenvalue weighted by atomic mass is 10.1. The first-order valence-corrected chi connectivity index (χ1v) is 6.44. The number of amides is 2. The number of nitrogens with zero attached hydrogens (tertiary/aromatic N) is 1. The molecule has 0 aliphatic rings. The number of halogens is 1. The molecule has 9 heteroatoms. The fraction of sp³-hybridized carbons (Fsp3) is 0.333. The number of carboxylic acids is 1. The number of nitro groups is 1. The van der Waals surface area contributed by atoms with Gasteiger partial charge in [-0.3, -0.25) is 14.9 Å². The monoisotopic (exact) mass is 315 g/mol. The molecular weight excluding hydrogens is 302 g/mol. The van der Waals surface area contributed by atoms with Gasteiger partial charge < -0.3 is 15.7 Å². The van der Waals surface area contributed by atoms with Crippen LogP contribution in [0.15, 0.2) is 18.2 Å². The van der Waals surface area contributed by atoms with Crippen LogP contribution in [0.25, 0.3) is 0 Å². The highest BCUT2D eigenvalue weighted by Gasteiger charge is 2.17. The van der Waals surface area contributed by atoms with Gasteiger partial charge in [-0.05, 0) is 12.5 Å². The molecule has 1 rings (SSSR count). The highest BCUT2D eigenvalue weighted by Crippen LogP contribution is 2.26. The minimum atomic E-state index is -1.01. The van der Waals surface area contributed by atoms with Gasteiger partial charge in [0.1, 0.15) is 0 Å². The van der Waals surface area contributed by atoms with E-state index in [-0.39, 0.29) is 22.9 Å². The van der Waals surface area contributed by atoms with Crippen LogP contribution in [0, 0.1) is 16.0 Å². The molecule has 8 nitrogen and oxygen atoms in total. The van der Waals surface area contributed by atoms with Crippen LogP contribution in [0.4, 0.5) is 16.2 Å². The standard InChI is InChI=1S/C12H14ClN3O5/c1-2-7(11(17)18)6-14-12(19)15-10-5-8(16(20)21)3-4-9(10)13/h3-5,7H,2,6H2,1H3,(H,17,18)(H2,14,15,19). The molecule has 1 aromatic rings. The summed E-state index contributed by atoms with van der Waals surface area (Å²) in [7, 11) is 0. The van der Waals surface area contributed by atoms with Gasteiger partial charge in [0, 0.05) is 18.7 Å². The van der Waals surface area contributed by atoms with E-state index >= 15 is 0 Å². The molecule has 0 aliphatic heterocycles. The lowest BCUT2D eigenvalue weighted by molar-refractivity contribution is -0.384. The van der Waals surface area contributed by atoms with Crippen molar-refractivity contribution < 1.29 is 19.6 Å². The van der Waals surface area contributed by atoms with E-state index in [1.165, 1.54) is 12.1 Å². The van der Waals surface area contributed by atoms with Crippen LogP contribution in [0.3, 0.4) is 0 Å². The number of anilines is 1. The molecule has 1 atom stereocenters. The van der Waals surface area contributed by atoms with E-state index in [4.69, 9.17) is 16.7 Å². The van der Waals surface area contributed by atoms with Gasteiger partial charge in [-0.1, -0.05) is 18.5 Å². The molecule has 1 aromatic carbocycles. The quantitative estimate of drug-likeness (QED) is 0.550. The van der Waals surface area contributed by atoms with E-state index in [9.17, 15) is 19.7 Å². The van der Waals surface area contributed by atoms with Crippen molar-refractivity contribution in [2.45, 2.75) is 13.3 Å². The lowest BCUT2D eigenvalue weighted by Gasteiger charge is -2.12. The summed E-state index contributed by atoms with van der Waals surface area (Å²) in [5, 5.41) is 24.4. The van der Waals surface area contributed by atoms with Crippen LogP contribution >= 0.6 is 11.6 Å².